The molecule has 5 heteroatoms. The summed E-state index contributed by atoms with van der Waals surface area (Å²) in [5.41, 5.74) is 3.93. The van der Waals surface area contributed by atoms with Gasteiger partial charge in [-0.2, -0.15) is 0 Å². The predicted molar refractivity (Wildman–Crippen MR) is 118 cm³/mol. The van der Waals surface area contributed by atoms with E-state index in [2.05, 4.69) is 24.1 Å². The maximum atomic E-state index is 13.4. The van der Waals surface area contributed by atoms with E-state index in [4.69, 9.17) is 4.99 Å². The van der Waals surface area contributed by atoms with E-state index in [0.29, 0.717) is 17.8 Å². The summed E-state index contributed by atoms with van der Waals surface area (Å²) >= 11 is 0. The van der Waals surface area contributed by atoms with Crippen LogP contribution in [0.25, 0.3) is 0 Å². The molecule has 1 aliphatic heterocycles. The second-order valence-electron chi connectivity index (χ2n) is 9.07. The maximum absolute atomic E-state index is 13.4. The Hall–Kier alpha value is -3.08. The van der Waals surface area contributed by atoms with Crippen molar-refractivity contribution in [1.82, 2.24) is 4.98 Å². The van der Waals surface area contributed by atoms with Crippen molar-refractivity contribution in [3.05, 3.63) is 71.1 Å². The van der Waals surface area contributed by atoms with E-state index < -0.39 is 5.92 Å². The van der Waals surface area contributed by atoms with Crippen LogP contribution in [0.5, 0.6) is 0 Å². The fraction of sp³-hybridized carbons (Fsp3) is 0.360. The summed E-state index contributed by atoms with van der Waals surface area (Å²) < 4.78 is 0. The summed E-state index contributed by atoms with van der Waals surface area (Å²) in [6, 6.07) is 15.3. The van der Waals surface area contributed by atoms with Crippen LogP contribution in [0.2, 0.25) is 0 Å². The monoisotopic (exact) mass is 401 g/mol. The average Bonchev–Trinajstić information content (AvgIpc) is 2.66. The summed E-state index contributed by atoms with van der Waals surface area (Å²) in [5, 5.41) is 2.94. The SMILES string of the molecule is CC1=NC2=C(C(=O)CC(C)(C)C2)[C@@H](c2ccccc2)C1C(=O)Nc1cccc(C)n1. The minimum absolute atomic E-state index is 0.0952. The smallest absolute Gasteiger partial charge is 0.235 e. The third-order valence-corrected chi connectivity index (χ3v) is 5.88. The highest BCUT2D eigenvalue weighted by atomic mass is 16.2. The van der Waals surface area contributed by atoms with Crippen LogP contribution >= 0.6 is 0 Å². The van der Waals surface area contributed by atoms with E-state index in [1.165, 1.54) is 0 Å². The summed E-state index contributed by atoms with van der Waals surface area (Å²) in [6.07, 6.45) is 1.21. The lowest BCUT2D eigenvalue weighted by atomic mass is 9.66. The Bertz CT molecular complexity index is 1070. The zero-order chi connectivity index (χ0) is 21.5. The van der Waals surface area contributed by atoms with Crippen LogP contribution in [-0.4, -0.2) is 22.4 Å². The first-order valence-electron chi connectivity index (χ1n) is 10.4. The van der Waals surface area contributed by atoms with Crippen molar-refractivity contribution in [3.63, 3.8) is 0 Å². The third kappa shape index (κ3) is 3.84. The number of pyridine rings is 1. The first-order valence-corrected chi connectivity index (χ1v) is 10.4. The van der Waals surface area contributed by atoms with E-state index in [-0.39, 0.29) is 23.0 Å². The Morgan fingerprint density at radius 1 is 1.03 bits per heavy atom. The van der Waals surface area contributed by atoms with Gasteiger partial charge in [0, 0.05) is 35.0 Å². The molecule has 4 rings (SSSR count). The molecule has 1 aliphatic carbocycles. The van der Waals surface area contributed by atoms with Crippen LogP contribution < -0.4 is 5.32 Å². The highest BCUT2D eigenvalue weighted by Crippen LogP contribution is 2.47. The van der Waals surface area contributed by atoms with Crippen LogP contribution in [-0.2, 0) is 9.59 Å². The number of allylic oxidation sites excluding steroid dienone is 2. The minimum Gasteiger partial charge on any atom is -0.310 e. The molecule has 0 saturated carbocycles. The van der Waals surface area contributed by atoms with Gasteiger partial charge in [0.15, 0.2) is 5.78 Å². The molecule has 0 fully saturated rings. The van der Waals surface area contributed by atoms with Gasteiger partial charge in [0.25, 0.3) is 0 Å². The van der Waals surface area contributed by atoms with Crippen molar-refractivity contribution in [2.45, 2.75) is 46.5 Å². The standard InChI is InChI=1S/C25H27N3O2/c1-15-9-8-12-20(26-15)28-24(30)21-16(2)27-18-13-25(3,4)14-19(29)23(18)22(21)17-10-6-5-7-11-17/h5-12,21-22H,13-14H2,1-4H3,(H,26,28,30)/t21?,22-/m0/s1. The van der Waals surface area contributed by atoms with Gasteiger partial charge >= 0.3 is 0 Å². The maximum Gasteiger partial charge on any atom is 0.235 e. The first kappa shape index (κ1) is 20.2. The minimum atomic E-state index is -0.557. The number of aliphatic imine (C=N–C) groups is 1. The largest absolute Gasteiger partial charge is 0.310 e. The van der Waals surface area contributed by atoms with E-state index in [1.807, 2.05) is 56.3 Å². The molecule has 2 aromatic rings. The van der Waals surface area contributed by atoms with Crippen LogP contribution in [0.3, 0.4) is 0 Å². The lowest BCUT2D eigenvalue weighted by molar-refractivity contribution is -0.119. The molecule has 1 aromatic carbocycles. The van der Waals surface area contributed by atoms with Gasteiger partial charge in [-0.3, -0.25) is 14.6 Å². The van der Waals surface area contributed by atoms with Gasteiger partial charge in [-0.25, -0.2) is 4.98 Å². The number of Topliss-reactive ketones (excluding diaryl/α,β-unsaturated/α-hetero) is 1. The lowest BCUT2D eigenvalue weighted by Crippen LogP contribution is -2.41. The molecule has 2 aliphatic rings. The molecule has 0 saturated heterocycles. The van der Waals surface area contributed by atoms with E-state index in [1.54, 1.807) is 6.07 Å². The molecule has 2 atom stereocenters. The normalized spacial score (nSPS) is 22.9. The van der Waals surface area contributed by atoms with E-state index in [0.717, 1.165) is 29.1 Å². The molecule has 1 aromatic heterocycles. The van der Waals surface area contributed by atoms with Crippen molar-refractivity contribution in [1.29, 1.82) is 0 Å². The highest BCUT2D eigenvalue weighted by Gasteiger charge is 2.45. The van der Waals surface area contributed by atoms with Gasteiger partial charge < -0.3 is 5.32 Å². The summed E-state index contributed by atoms with van der Waals surface area (Å²) in [6.45, 7) is 7.97. The Balaban J connectivity index is 1.78. The van der Waals surface area contributed by atoms with Crippen molar-refractivity contribution in [3.8, 4) is 0 Å². The molecule has 0 radical (unpaired) electrons. The topological polar surface area (TPSA) is 71.4 Å². The Kier molecular flexibility index (Phi) is 5.14. The number of carbonyl (C=O) groups excluding carboxylic acids is 2. The van der Waals surface area contributed by atoms with E-state index in [9.17, 15) is 9.59 Å². The molecule has 1 unspecified atom stereocenters. The van der Waals surface area contributed by atoms with Crippen molar-refractivity contribution in [2.24, 2.45) is 16.3 Å². The number of hydrogen-bond acceptors (Lipinski definition) is 4. The lowest BCUT2D eigenvalue weighted by Gasteiger charge is -2.39. The van der Waals surface area contributed by atoms with Gasteiger partial charge in [-0.05, 0) is 43.4 Å². The molecule has 1 N–H and O–H groups in total. The van der Waals surface area contributed by atoms with Crippen LogP contribution in [0.15, 0.2) is 64.8 Å². The zero-order valence-corrected chi connectivity index (χ0v) is 17.9. The molecule has 154 valence electrons. The molecule has 30 heavy (non-hydrogen) atoms. The summed E-state index contributed by atoms with van der Waals surface area (Å²) in [7, 11) is 0. The Morgan fingerprint density at radius 3 is 2.47 bits per heavy atom. The highest BCUT2D eigenvalue weighted by molar-refractivity contribution is 6.13. The van der Waals surface area contributed by atoms with Gasteiger partial charge in [0.05, 0.1) is 5.92 Å². The molecular formula is C25H27N3O2. The summed E-state index contributed by atoms with van der Waals surface area (Å²) in [5.74, 6) is -0.480. The zero-order valence-electron chi connectivity index (χ0n) is 17.9. The molecule has 0 spiro atoms. The Morgan fingerprint density at radius 2 is 1.77 bits per heavy atom. The number of aryl methyl sites for hydroxylation is 1. The number of nitrogens with zero attached hydrogens (tertiary/aromatic N) is 2. The number of hydrogen-bond donors (Lipinski definition) is 1. The molecule has 2 heterocycles. The van der Waals surface area contributed by atoms with Gasteiger partial charge in [0.2, 0.25) is 5.91 Å². The van der Waals surface area contributed by atoms with Crippen molar-refractivity contribution in [2.75, 3.05) is 5.32 Å². The average molecular weight is 402 g/mol. The second-order valence-corrected chi connectivity index (χ2v) is 9.07. The Labute approximate surface area is 177 Å². The fourth-order valence-corrected chi connectivity index (χ4v) is 4.62. The van der Waals surface area contributed by atoms with Crippen molar-refractivity contribution < 1.29 is 9.59 Å². The first-order chi connectivity index (χ1) is 14.2. The number of carbonyl (C=O) groups is 2. The van der Waals surface area contributed by atoms with Gasteiger partial charge in [0.1, 0.15) is 5.82 Å². The number of amides is 1. The number of aromatic nitrogens is 1. The van der Waals surface area contributed by atoms with E-state index >= 15 is 0 Å². The third-order valence-electron chi connectivity index (χ3n) is 5.88. The van der Waals surface area contributed by atoms with Gasteiger partial charge in [-0.1, -0.05) is 50.2 Å². The molecule has 1 amide bonds. The number of benzene rings is 1. The van der Waals surface area contributed by atoms with Crippen LogP contribution in [0.4, 0.5) is 5.82 Å². The number of anilines is 1. The van der Waals surface area contributed by atoms with Crippen molar-refractivity contribution >= 4 is 23.2 Å². The molecule has 0 bridgehead atoms. The molecular weight excluding hydrogens is 374 g/mol. The molecule has 5 nitrogen and oxygen atoms in total. The quantitative estimate of drug-likeness (QED) is 0.799. The number of ketones is 1. The number of rotatable bonds is 3. The van der Waals surface area contributed by atoms with Crippen LogP contribution in [0, 0.1) is 18.3 Å². The second kappa shape index (κ2) is 7.63. The fourth-order valence-electron chi connectivity index (χ4n) is 4.62. The summed E-state index contributed by atoms with van der Waals surface area (Å²) in [4.78, 5) is 35.8. The van der Waals surface area contributed by atoms with Gasteiger partial charge in [-0.15, -0.1) is 0 Å². The number of nitrogens with one attached hydrogen (secondary N) is 1. The van der Waals surface area contributed by atoms with Crippen LogP contribution in [0.1, 0.15) is 50.8 Å². The predicted octanol–water partition coefficient (Wildman–Crippen LogP) is 4.85.